The van der Waals surface area contributed by atoms with Gasteiger partial charge in [0.2, 0.25) is 0 Å². The van der Waals surface area contributed by atoms with Crippen LogP contribution in [0.1, 0.15) is 32.6 Å². The average Bonchev–Trinajstić information content (AvgIpc) is 3.02. The second kappa shape index (κ2) is 4.35. The van der Waals surface area contributed by atoms with Gasteiger partial charge in [-0.25, -0.2) is 4.79 Å². The van der Waals surface area contributed by atoms with Crippen LogP contribution in [-0.4, -0.2) is 25.3 Å². The monoisotopic (exact) mass is 210 g/mol. The summed E-state index contributed by atoms with van der Waals surface area (Å²) >= 11 is 0. The number of allylic oxidation sites excluding steroid dienone is 1. The van der Waals surface area contributed by atoms with E-state index in [1.165, 1.54) is 20.0 Å². The van der Waals surface area contributed by atoms with Crippen molar-refractivity contribution < 1.29 is 14.3 Å². The number of carbonyl (C=O) groups is 1. The minimum absolute atomic E-state index is 0.216. The number of hydrogen-bond donors (Lipinski definition) is 0. The lowest BCUT2D eigenvalue weighted by Crippen LogP contribution is -2.13. The Bertz CT molecular complexity index is 283. The van der Waals surface area contributed by atoms with Gasteiger partial charge in [0.25, 0.3) is 0 Å². The lowest BCUT2D eigenvalue weighted by Gasteiger charge is -2.16. The molecule has 84 valence electrons. The van der Waals surface area contributed by atoms with Crippen molar-refractivity contribution in [2.24, 2.45) is 5.92 Å². The molecule has 0 radical (unpaired) electrons. The fourth-order valence-electron chi connectivity index (χ4n) is 2.29. The van der Waals surface area contributed by atoms with Gasteiger partial charge in [0.15, 0.2) is 0 Å². The zero-order valence-electron chi connectivity index (χ0n) is 9.36. The first-order chi connectivity index (χ1) is 7.20. The van der Waals surface area contributed by atoms with Crippen molar-refractivity contribution in [3.05, 3.63) is 11.6 Å². The van der Waals surface area contributed by atoms with Gasteiger partial charge in [-0.15, -0.1) is 0 Å². The van der Waals surface area contributed by atoms with Gasteiger partial charge in [0.1, 0.15) is 0 Å². The summed E-state index contributed by atoms with van der Waals surface area (Å²) in [6, 6.07) is 0. The Morgan fingerprint density at radius 2 is 2.27 bits per heavy atom. The molecule has 3 heteroatoms. The van der Waals surface area contributed by atoms with Crippen LogP contribution in [0.5, 0.6) is 0 Å². The largest absolute Gasteiger partial charge is 0.466 e. The molecule has 1 heterocycles. The van der Waals surface area contributed by atoms with E-state index < -0.39 is 0 Å². The lowest BCUT2D eigenvalue weighted by atomic mass is 9.86. The van der Waals surface area contributed by atoms with Crippen molar-refractivity contribution in [1.29, 1.82) is 0 Å². The van der Waals surface area contributed by atoms with Gasteiger partial charge in [0, 0.05) is 5.57 Å². The highest BCUT2D eigenvalue weighted by molar-refractivity contribution is 5.87. The van der Waals surface area contributed by atoms with E-state index in [4.69, 9.17) is 4.74 Å². The highest BCUT2D eigenvalue weighted by atomic mass is 16.6. The summed E-state index contributed by atoms with van der Waals surface area (Å²) in [5.41, 5.74) is 0.719. The Labute approximate surface area is 90.4 Å². The molecule has 1 aliphatic heterocycles. The van der Waals surface area contributed by atoms with Crippen LogP contribution in [0.15, 0.2) is 11.6 Å². The number of carbonyl (C=O) groups excluding carboxylic acids is 1. The molecule has 3 nitrogen and oxygen atoms in total. The second-order valence-electron chi connectivity index (χ2n) is 4.51. The van der Waals surface area contributed by atoms with Crippen LogP contribution >= 0.6 is 0 Å². The molecule has 0 spiro atoms. The third-order valence-electron chi connectivity index (χ3n) is 3.38. The highest BCUT2D eigenvalue weighted by Gasteiger charge is 2.43. The molecule has 3 unspecified atom stereocenters. The number of esters is 1. The van der Waals surface area contributed by atoms with Gasteiger partial charge in [0.05, 0.1) is 19.3 Å². The number of rotatable bonds is 3. The van der Waals surface area contributed by atoms with Crippen molar-refractivity contribution in [1.82, 2.24) is 0 Å². The summed E-state index contributed by atoms with van der Waals surface area (Å²) in [6.07, 6.45) is 7.65. The first kappa shape index (κ1) is 10.7. The maximum absolute atomic E-state index is 11.1. The quantitative estimate of drug-likeness (QED) is 0.406. The predicted molar refractivity (Wildman–Crippen MR) is 56.4 cm³/mol. The van der Waals surface area contributed by atoms with E-state index in [1.54, 1.807) is 0 Å². The Hall–Kier alpha value is -0.830. The molecule has 2 fully saturated rings. The Morgan fingerprint density at radius 1 is 1.47 bits per heavy atom. The number of methoxy groups -OCH3 is 1. The molecule has 0 N–H and O–H groups in total. The molecule has 2 rings (SSSR count). The molecule has 0 bridgehead atoms. The molecule has 2 aliphatic rings. The van der Waals surface area contributed by atoms with Crippen LogP contribution in [-0.2, 0) is 14.3 Å². The predicted octanol–water partition coefficient (Wildman–Crippen LogP) is 2.06. The molecular formula is C12H18O3. The molecular weight excluding hydrogens is 192 g/mol. The van der Waals surface area contributed by atoms with Gasteiger partial charge in [-0.1, -0.05) is 6.08 Å². The fraction of sp³-hybridized carbons (Fsp3) is 0.750. The van der Waals surface area contributed by atoms with Crippen LogP contribution in [0.2, 0.25) is 0 Å². The molecule has 3 atom stereocenters. The van der Waals surface area contributed by atoms with E-state index in [0.717, 1.165) is 18.4 Å². The average molecular weight is 210 g/mol. The molecule has 0 amide bonds. The Balaban J connectivity index is 1.78. The second-order valence-corrected chi connectivity index (χ2v) is 4.51. The first-order valence-corrected chi connectivity index (χ1v) is 5.61. The number of epoxide rings is 1. The maximum Gasteiger partial charge on any atom is 0.333 e. The zero-order valence-corrected chi connectivity index (χ0v) is 9.36. The van der Waals surface area contributed by atoms with Crippen molar-refractivity contribution >= 4 is 5.97 Å². The SMILES string of the molecule is COC(=O)C(C)=CCC1CCC2OC2C1. The molecule has 0 aromatic carbocycles. The zero-order chi connectivity index (χ0) is 10.8. The van der Waals surface area contributed by atoms with E-state index in [0.29, 0.717) is 18.1 Å². The lowest BCUT2D eigenvalue weighted by molar-refractivity contribution is -0.136. The highest BCUT2D eigenvalue weighted by Crippen LogP contribution is 2.40. The Kier molecular flexibility index (Phi) is 3.10. The number of hydrogen-bond acceptors (Lipinski definition) is 3. The number of ether oxygens (including phenoxy) is 2. The van der Waals surface area contributed by atoms with Crippen LogP contribution in [0.25, 0.3) is 0 Å². The molecule has 1 saturated carbocycles. The van der Waals surface area contributed by atoms with Gasteiger partial charge in [-0.2, -0.15) is 0 Å². The van der Waals surface area contributed by atoms with Crippen molar-refractivity contribution in [2.75, 3.05) is 7.11 Å². The van der Waals surface area contributed by atoms with E-state index in [1.807, 2.05) is 13.0 Å². The normalized spacial score (nSPS) is 34.5. The summed E-state index contributed by atoms with van der Waals surface area (Å²) < 4.78 is 10.1. The van der Waals surface area contributed by atoms with Crippen molar-refractivity contribution in [3.8, 4) is 0 Å². The third-order valence-corrected chi connectivity index (χ3v) is 3.38. The molecule has 0 aromatic heterocycles. The van der Waals surface area contributed by atoms with Crippen LogP contribution in [0.3, 0.4) is 0 Å². The van der Waals surface area contributed by atoms with E-state index in [-0.39, 0.29) is 5.97 Å². The Morgan fingerprint density at radius 3 is 2.93 bits per heavy atom. The van der Waals surface area contributed by atoms with Gasteiger partial charge >= 0.3 is 5.97 Å². The van der Waals surface area contributed by atoms with Gasteiger partial charge < -0.3 is 9.47 Å². The van der Waals surface area contributed by atoms with E-state index in [2.05, 4.69) is 4.74 Å². The van der Waals surface area contributed by atoms with Crippen LogP contribution in [0, 0.1) is 5.92 Å². The summed E-state index contributed by atoms with van der Waals surface area (Å²) in [6.45, 7) is 1.81. The first-order valence-electron chi connectivity index (χ1n) is 5.61. The molecule has 1 saturated heterocycles. The van der Waals surface area contributed by atoms with E-state index in [9.17, 15) is 4.79 Å². The van der Waals surface area contributed by atoms with Crippen LogP contribution in [0.4, 0.5) is 0 Å². The molecule has 0 aromatic rings. The summed E-state index contributed by atoms with van der Waals surface area (Å²) in [5.74, 6) is 0.472. The summed E-state index contributed by atoms with van der Waals surface area (Å²) in [4.78, 5) is 11.1. The summed E-state index contributed by atoms with van der Waals surface area (Å²) in [7, 11) is 1.42. The minimum Gasteiger partial charge on any atom is -0.466 e. The number of fused-ring (bicyclic) bond motifs is 1. The molecule has 15 heavy (non-hydrogen) atoms. The van der Waals surface area contributed by atoms with Crippen molar-refractivity contribution in [2.45, 2.75) is 44.8 Å². The van der Waals surface area contributed by atoms with Crippen molar-refractivity contribution in [3.63, 3.8) is 0 Å². The maximum atomic E-state index is 11.1. The van der Waals surface area contributed by atoms with Gasteiger partial charge in [-0.05, 0) is 38.5 Å². The molecule has 1 aliphatic carbocycles. The summed E-state index contributed by atoms with van der Waals surface area (Å²) in [5, 5.41) is 0. The van der Waals surface area contributed by atoms with E-state index >= 15 is 0 Å². The van der Waals surface area contributed by atoms with Gasteiger partial charge in [-0.3, -0.25) is 0 Å². The smallest absolute Gasteiger partial charge is 0.333 e. The van der Waals surface area contributed by atoms with Crippen LogP contribution < -0.4 is 0 Å². The standard InChI is InChI=1S/C12H18O3/c1-8(12(13)14-2)3-4-9-5-6-10-11(7-9)15-10/h3,9-11H,4-7H2,1-2H3. The third kappa shape index (κ3) is 2.59. The fourth-order valence-corrected chi connectivity index (χ4v) is 2.29. The topological polar surface area (TPSA) is 38.8 Å². The minimum atomic E-state index is -0.216.